The SMILES string of the molecule is CCCCC/C=C\C/C=C\C/C=C\C/C=C\CCCC(=O)OC[C@@H](COC(=O)CCCCCCCCCCCCCCC)OC(=O)CCCCCCCCCCCCCCCCCCC. The third-order valence-electron chi connectivity index (χ3n) is 12.3. The van der Waals surface area contributed by atoms with Gasteiger partial charge in [-0.2, -0.15) is 0 Å². The van der Waals surface area contributed by atoms with Gasteiger partial charge in [0.05, 0.1) is 0 Å². The Morgan fingerprint density at radius 2 is 0.569 bits per heavy atom. The van der Waals surface area contributed by atoms with Crippen molar-refractivity contribution in [2.45, 2.75) is 297 Å². The smallest absolute Gasteiger partial charge is 0.306 e. The van der Waals surface area contributed by atoms with Crippen LogP contribution in [-0.4, -0.2) is 37.2 Å². The first-order chi connectivity index (χ1) is 32.0. The van der Waals surface area contributed by atoms with E-state index >= 15 is 0 Å². The van der Waals surface area contributed by atoms with E-state index < -0.39 is 6.10 Å². The lowest BCUT2D eigenvalue weighted by Gasteiger charge is -2.18. The molecule has 0 aromatic carbocycles. The van der Waals surface area contributed by atoms with Gasteiger partial charge in [0.15, 0.2) is 6.10 Å². The van der Waals surface area contributed by atoms with Gasteiger partial charge in [-0.25, -0.2) is 0 Å². The van der Waals surface area contributed by atoms with Crippen LogP contribution in [0.2, 0.25) is 0 Å². The number of hydrogen-bond acceptors (Lipinski definition) is 6. The second-order valence-electron chi connectivity index (χ2n) is 18.9. The van der Waals surface area contributed by atoms with E-state index in [-0.39, 0.29) is 37.5 Å². The molecule has 1 atom stereocenters. The van der Waals surface area contributed by atoms with Crippen LogP contribution in [-0.2, 0) is 28.6 Å². The van der Waals surface area contributed by atoms with Crippen molar-refractivity contribution in [1.29, 1.82) is 0 Å². The van der Waals surface area contributed by atoms with E-state index in [2.05, 4.69) is 69.4 Å². The number of carbonyl (C=O) groups is 3. The molecule has 0 heterocycles. The standard InChI is InChI=1S/C59H106O6/c1-4-7-10-13-16-19-22-25-27-29-31-34-37-40-43-46-49-52-58(61)64-55-56(54-63-57(60)51-48-45-42-39-36-33-24-21-18-15-12-9-6-3)65-59(62)53-50-47-44-41-38-35-32-30-28-26-23-20-17-14-11-8-5-2/h16,19,25,27,31,34,40,43,56H,4-15,17-18,20-24,26,28-30,32-33,35-39,41-42,44-55H2,1-3H3/b19-16-,27-25-,34-31-,43-40-/t56-/m1/s1. The van der Waals surface area contributed by atoms with Crippen LogP contribution in [0, 0.1) is 0 Å². The van der Waals surface area contributed by atoms with E-state index in [4.69, 9.17) is 14.2 Å². The minimum absolute atomic E-state index is 0.0857. The van der Waals surface area contributed by atoms with Gasteiger partial charge in [-0.05, 0) is 57.8 Å². The molecule has 6 heteroatoms. The molecule has 0 fully saturated rings. The Morgan fingerprint density at radius 3 is 0.923 bits per heavy atom. The number of ether oxygens (including phenoxy) is 3. The maximum Gasteiger partial charge on any atom is 0.306 e. The molecule has 0 spiro atoms. The number of hydrogen-bond donors (Lipinski definition) is 0. The van der Waals surface area contributed by atoms with Crippen molar-refractivity contribution in [1.82, 2.24) is 0 Å². The summed E-state index contributed by atoms with van der Waals surface area (Å²) >= 11 is 0. The number of rotatable bonds is 51. The van der Waals surface area contributed by atoms with Crippen LogP contribution in [0.1, 0.15) is 290 Å². The van der Waals surface area contributed by atoms with Crippen LogP contribution in [0.4, 0.5) is 0 Å². The van der Waals surface area contributed by atoms with E-state index in [1.165, 1.54) is 180 Å². The van der Waals surface area contributed by atoms with Gasteiger partial charge in [0.25, 0.3) is 0 Å². The van der Waals surface area contributed by atoms with Gasteiger partial charge in [0.1, 0.15) is 13.2 Å². The van der Waals surface area contributed by atoms with Crippen LogP contribution in [0.5, 0.6) is 0 Å². The van der Waals surface area contributed by atoms with E-state index in [1.807, 2.05) is 0 Å². The van der Waals surface area contributed by atoms with Crippen molar-refractivity contribution in [3.63, 3.8) is 0 Å². The van der Waals surface area contributed by atoms with Crippen LogP contribution in [0.25, 0.3) is 0 Å². The summed E-state index contributed by atoms with van der Waals surface area (Å²) in [5.41, 5.74) is 0. The number of carbonyl (C=O) groups excluding carboxylic acids is 3. The summed E-state index contributed by atoms with van der Waals surface area (Å²) in [6.07, 6.45) is 65.3. The molecular weight excluding hydrogens is 805 g/mol. The Balaban J connectivity index is 4.42. The lowest BCUT2D eigenvalue weighted by Crippen LogP contribution is -2.30. The molecule has 0 aliphatic rings. The normalized spacial score (nSPS) is 12.4. The van der Waals surface area contributed by atoms with Crippen molar-refractivity contribution in [2.24, 2.45) is 0 Å². The fourth-order valence-electron chi connectivity index (χ4n) is 8.08. The summed E-state index contributed by atoms with van der Waals surface area (Å²) in [6, 6.07) is 0. The number of unbranched alkanes of at least 4 members (excludes halogenated alkanes) is 32. The first-order valence-electron chi connectivity index (χ1n) is 28.1. The fourth-order valence-corrected chi connectivity index (χ4v) is 8.08. The topological polar surface area (TPSA) is 78.9 Å². The summed E-state index contributed by atoms with van der Waals surface area (Å²) in [5.74, 6) is -0.930. The molecule has 0 saturated carbocycles. The molecule has 378 valence electrons. The molecule has 0 amide bonds. The molecule has 65 heavy (non-hydrogen) atoms. The van der Waals surface area contributed by atoms with Crippen molar-refractivity contribution in [3.8, 4) is 0 Å². The zero-order valence-electron chi connectivity index (χ0n) is 43.3. The van der Waals surface area contributed by atoms with Crippen LogP contribution < -0.4 is 0 Å². The average molecular weight is 911 g/mol. The van der Waals surface area contributed by atoms with Gasteiger partial charge in [-0.3, -0.25) is 14.4 Å². The van der Waals surface area contributed by atoms with E-state index in [0.29, 0.717) is 19.3 Å². The van der Waals surface area contributed by atoms with Gasteiger partial charge < -0.3 is 14.2 Å². The zero-order valence-corrected chi connectivity index (χ0v) is 43.3. The molecule has 0 radical (unpaired) electrons. The second-order valence-corrected chi connectivity index (χ2v) is 18.9. The Hall–Kier alpha value is -2.63. The summed E-state index contributed by atoms with van der Waals surface area (Å²) in [6.45, 7) is 6.60. The van der Waals surface area contributed by atoms with Crippen molar-refractivity contribution in [3.05, 3.63) is 48.6 Å². The second kappa shape index (κ2) is 54.0. The summed E-state index contributed by atoms with van der Waals surface area (Å²) in [5, 5.41) is 0. The maximum absolute atomic E-state index is 12.8. The van der Waals surface area contributed by atoms with Crippen LogP contribution >= 0.6 is 0 Å². The average Bonchev–Trinajstić information content (AvgIpc) is 3.30. The van der Waals surface area contributed by atoms with Gasteiger partial charge in [0, 0.05) is 19.3 Å². The quantitative estimate of drug-likeness (QED) is 0.0262. The molecule has 6 nitrogen and oxygen atoms in total. The van der Waals surface area contributed by atoms with Gasteiger partial charge in [-0.15, -0.1) is 0 Å². The Kier molecular flexibility index (Phi) is 51.8. The molecule has 0 aromatic rings. The van der Waals surface area contributed by atoms with Crippen molar-refractivity contribution < 1.29 is 28.6 Å². The molecule has 0 aromatic heterocycles. The Bertz CT molecular complexity index is 1140. The predicted octanol–water partition coefficient (Wildman–Crippen LogP) is 18.7. The zero-order chi connectivity index (χ0) is 47.2. The molecule has 0 bridgehead atoms. The molecule has 0 aliphatic heterocycles. The minimum Gasteiger partial charge on any atom is -0.462 e. The highest BCUT2D eigenvalue weighted by molar-refractivity contribution is 5.71. The first-order valence-corrected chi connectivity index (χ1v) is 28.1. The van der Waals surface area contributed by atoms with E-state index in [0.717, 1.165) is 64.2 Å². The third-order valence-corrected chi connectivity index (χ3v) is 12.3. The van der Waals surface area contributed by atoms with Crippen LogP contribution in [0.3, 0.4) is 0 Å². The third kappa shape index (κ3) is 52.2. The van der Waals surface area contributed by atoms with E-state index in [9.17, 15) is 14.4 Å². The molecule has 0 saturated heterocycles. The summed E-state index contributed by atoms with van der Waals surface area (Å²) < 4.78 is 16.8. The highest BCUT2D eigenvalue weighted by Crippen LogP contribution is 2.16. The van der Waals surface area contributed by atoms with Crippen molar-refractivity contribution >= 4 is 17.9 Å². The number of esters is 3. The largest absolute Gasteiger partial charge is 0.462 e. The fraction of sp³-hybridized carbons (Fsp3) is 0.814. The molecule has 0 aliphatic carbocycles. The highest BCUT2D eigenvalue weighted by atomic mass is 16.6. The van der Waals surface area contributed by atoms with Crippen LogP contribution in [0.15, 0.2) is 48.6 Å². The Labute approximate surface area is 403 Å². The molecular formula is C59H106O6. The minimum atomic E-state index is -0.790. The summed E-state index contributed by atoms with van der Waals surface area (Å²) in [4.78, 5) is 38.1. The monoisotopic (exact) mass is 911 g/mol. The van der Waals surface area contributed by atoms with Crippen molar-refractivity contribution in [2.75, 3.05) is 13.2 Å². The summed E-state index contributed by atoms with van der Waals surface area (Å²) in [7, 11) is 0. The van der Waals surface area contributed by atoms with Gasteiger partial charge in [-0.1, -0.05) is 262 Å². The maximum atomic E-state index is 12.8. The van der Waals surface area contributed by atoms with Gasteiger partial charge >= 0.3 is 17.9 Å². The van der Waals surface area contributed by atoms with E-state index in [1.54, 1.807) is 0 Å². The number of allylic oxidation sites excluding steroid dienone is 8. The molecule has 0 unspecified atom stereocenters. The van der Waals surface area contributed by atoms with Gasteiger partial charge in [0.2, 0.25) is 0 Å². The lowest BCUT2D eigenvalue weighted by atomic mass is 10.0. The highest BCUT2D eigenvalue weighted by Gasteiger charge is 2.19. The molecule has 0 rings (SSSR count). The molecule has 0 N–H and O–H groups in total. The first kappa shape index (κ1) is 62.4. The lowest BCUT2D eigenvalue weighted by molar-refractivity contribution is -0.167. The predicted molar refractivity (Wildman–Crippen MR) is 279 cm³/mol. The Morgan fingerprint density at radius 1 is 0.308 bits per heavy atom.